The number of aromatic nitrogens is 3. The maximum absolute atomic E-state index is 13.4. The predicted octanol–water partition coefficient (Wildman–Crippen LogP) is 5.21. The highest BCUT2D eigenvalue weighted by Crippen LogP contribution is 2.37. The number of fused-ring (bicyclic) bond motifs is 1. The fourth-order valence-electron chi connectivity index (χ4n) is 3.98. The topological polar surface area (TPSA) is 68.0 Å². The largest absolute Gasteiger partial charge is 0.506 e. The molecule has 1 N–H and O–H groups in total. The zero-order valence-electron chi connectivity index (χ0n) is 15.6. The molecule has 0 atom stereocenters. The molecule has 29 heavy (non-hydrogen) atoms. The van der Waals surface area contributed by atoms with Gasteiger partial charge < -0.3 is 5.11 Å². The first-order chi connectivity index (χ1) is 13.9. The second kappa shape index (κ2) is 7.78. The molecule has 154 valence electrons. The van der Waals surface area contributed by atoms with Crippen molar-refractivity contribution in [3.05, 3.63) is 39.6 Å². The number of hydrogen-bond donors (Lipinski definition) is 1. The van der Waals surface area contributed by atoms with Crippen LogP contribution in [0.5, 0.6) is 5.75 Å². The number of aromatic hydroxyl groups is 1. The molecule has 0 aromatic carbocycles. The Balaban J connectivity index is 1.86. The van der Waals surface area contributed by atoms with E-state index in [1.165, 1.54) is 29.3 Å². The van der Waals surface area contributed by atoms with Crippen molar-refractivity contribution in [1.82, 2.24) is 14.5 Å². The summed E-state index contributed by atoms with van der Waals surface area (Å²) in [7, 11) is 0. The van der Waals surface area contributed by atoms with Gasteiger partial charge in [0.15, 0.2) is 5.82 Å². The van der Waals surface area contributed by atoms with Gasteiger partial charge >= 0.3 is 6.18 Å². The number of nitrogens with zero attached hydrogens (tertiary/aromatic N) is 3. The average Bonchev–Trinajstić information content (AvgIpc) is 3.13. The maximum Gasteiger partial charge on any atom is 0.418 e. The predicted molar refractivity (Wildman–Crippen MR) is 105 cm³/mol. The first kappa shape index (κ1) is 19.9. The second-order valence-corrected chi connectivity index (χ2v) is 8.24. The van der Waals surface area contributed by atoms with Gasteiger partial charge in [-0.1, -0.05) is 32.1 Å². The molecule has 1 aliphatic carbocycles. The van der Waals surface area contributed by atoms with E-state index in [1.54, 1.807) is 0 Å². The Bertz CT molecular complexity index is 1080. The molecule has 0 saturated heterocycles. The van der Waals surface area contributed by atoms with Crippen molar-refractivity contribution in [3.8, 4) is 17.3 Å². The molecule has 1 saturated carbocycles. The lowest BCUT2D eigenvalue weighted by atomic mass is 9.87. The lowest BCUT2D eigenvalue weighted by molar-refractivity contribution is -0.136. The van der Waals surface area contributed by atoms with Crippen molar-refractivity contribution in [1.29, 1.82) is 0 Å². The monoisotopic (exact) mass is 423 g/mol. The van der Waals surface area contributed by atoms with Crippen molar-refractivity contribution >= 4 is 21.6 Å². The highest BCUT2D eigenvalue weighted by atomic mass is 32.1. The van der Waals surface area contributed by atoms with E-state index in [0.717, 1.165) is 42.4 Å². The molecule has 0 spiro atoms. The minimum absolute atomic E-state index is 0.00343. The molecule has 0 unspecified atom stereocenters. The van der Waals surface area contributed by atoms with Gasteiger partial charge in [-0.05, 0) is 24.5 Å². The van der Waals surface area contributed by atoms with Gasteiger partial charge in [0, 0.05) is 18.1 Å². The Morgan fingerprint density at radius 2 is 2.00 bits per heavy atom. The zero-order valence-corrected chi connectivity index (χ0v) is 16.4. The molecule has 1 fully saturated rings. The first-order valence-corrected chi connectivity index (χ1v) is 10.5. The number of rotatable bonds is 4. The van der Waals surface area contributed by atoms with Crippen LogP contribution in [-0.4, -0.2) is 19.6 Å². The van der Waals surface area contributed by atoms with Gasteiger partial charge in [0.05, 0.1) is 10.9 Å². The molecular formula is C20H20F3N3O2S. The number of halogens is 3. The fraction of sp³-hybridized carbons (Fsp3) is 0.450. The van der Waals surface area contributed by atoms with Gasteiger partial charge in [-0.25, -0.2) is 9.97 Å². The highest BCUT2D eigenvalue weighted by Gasteiger charge is 2.36. The molecule has 1 aliphatic rings. The fourth-order valence-corrected chi connectivity index (χ4v) is 4.91. The van der Waals surface area contributed by atoms with Gasteiger partial charge in [0.1, 0.15) is 16.3 Å². The van der Waals surface area contributed by atoms with Crippen molar-refractivity contribution in [2.24, 2.45) is 5.92 Å². The summed E-state index contributed by atoms with van der Waals surface area (Å²) >= 11 is 0.771. The summed E-state index contributed by atoms with van der Waals surface area (Å²) in [6, 6.07) is 2.95. The Morgan fingerprint density at radius 3 is 2.69 bits per heavy atom. The van der Waals surface area contributed by atoms with Crippen LogP contribution in [0.4, 0.5) is 13.2 Å². The molecule has 0 amide bonds. The van der Waals surface area contributed by atoms with Gasteiger partial charge in [-0.15, -0.1) is 11.3 Å². The summed E-state index contributed by atoms with van der Waals surface area (Å²) in [4.78, 5) is 21.6. The van der Waals surface area contributed by atoms with Crippen molar-refractivity contribution < 1.29 is 18.3 Å². The van der Waals surface area contributed by atoms with E-state index in [9.17, 15) is 23.1 Å². The summed E-state index contributed by atoms with van der Waals surface area (Å²) in [6.07, 6.45) is 3.07. The van der Waals surface area contributed by atoms with Crippen molar-refractivity contribution in [3.63, 3.8) is 0 Å². The van der Waals surface area contributed by atoms with Gasteiger partial charge in [0.25, 0.3) is 5.56 Å². The zero-order chi connectivity index (χ0) is 20.6. The summed E-state index contributed by atoms with van der Waals surface area (Å²) in [5, 5.41) is 10.7. The third kappa shape index (κ3) is 3.88. The van der Waals surface area contributed by atoms with Crippen molar-refractivity contribution in [2.45, 2.75) is 51.2 Å². The van der Waals surface area contributed by atoms with Crippen LogP contribution >= 0.6 is 11.3 Å². The summed E-state index contributed by atoms with van der Waals surface area (Å²) < 4.78 is 41.5. The van der Waals surface area contributed by atoms with Crippen LogP contribution in [0.15, 0.2) is 28.5 Å². The SMILES string of the molecule is O=c1c2c(C(F)(F)F)csc2nc(-c2ncccc2O)n1CCC1CCCCC1. The molecule has 4 rings (SSSR count). The Kier molecular flexibility index (Phi) is 5.33. The molecular weight excluding hydrogens is 403 g/mol. The molecule has 3 aromatic heterocycles. The minimum atomic E-state index is -4.63. The quantitative estimate of drug-likeness (QED) is 0.625. The van der Waals surface area contributed by atoms with Gasteiger partial charge in [-0.3, -0.25) is 9.36 Å². The van der Waals surface area contributed by atoms with E-state index >= 15 is 0 Å². The number of thiophene rings is 1. The van der Waals surface area contributed by atoms with E-state index in [1.807, 2.05) is 0 Å². The number of alkyl halides is 3. The van der Waals surface area contributed by atoms with Gasteiger partial charge in [0.2, 0.25) is 0 Å². The molecule has 9 heteroatoms. The summed E-state index contributed by atoms with van der Waals surface area (Å²) in [5.41, 5.74) is -1.60. The Labute approximate surface area is 168 Å². The highest BCUT2D eigenvalue weighted by molar-refractivity contribution is 7.16. The Morgan fingerprint density at radius 1 is 1.24 bits per heavy atom. The van der Waals surface area contributed by atoms with E-state index in [-0.39, 0.29) is 28.6 Å². The maximum atomic E-state index is 13.4. The van der Waals surface area contributed by atoms with E-state index in [4.69, 9.17) is 0 Å². The molecule has 5 nitrogen and oxygen atoms in total. The number of hydrogen-bond acceptors (Lipinski definition) is 5. The van der Waals surface area contributed by atoms with E-state index < -0.39 is 22.7 Å². The van der Waals surface area contributed by atoms with Crippen LogP contribution in [0.25, 0.3) is 21.7 Å². The standard InChI is InChI=1S/C20H20F3N3O2S/c21-20(22,23)13-11-29-18-15(13)19(28)26(10-8-12-5-2-1-3-6-12)17(25-18)16-14(27)7-4-9-24-16/h4,7,9,11-12,27H,1-3,5-6,8,10H2. The third-order valence-electron chi connectivity index (χ3n) is 5.48. The van der Waals surface area contributed by atoms with Crippen LogP contribution in [0.2, 0.25) is 0 Å². The number of pyridine rings is 1. The Hall–Kier alpha value is -2.42. The molecule has 0 bridgehead atoms. The molecule has 3 heterocycles. The molecule has 0 radical (unpaired) electrons. The van der Waals surface area contributed by atoms with Crippen LogP contribution < -0.4 is 5.56 Å². The minimum Gasteiger partial charge on any atom is -0.506 e. The first-order valence-electron chi connectivity index (χ1n) is 9.60. The normalized spacial score (nSPS) is 15.8. The second-order valence-electron chi connectivity index (χ2n) is 7.38. The molecule has 3 aromatic rings. The van der Waals surface area contributed by atoms with Crippen LogP contribution in [0, 0.1) is 5.92 Å². The molecule has 0 aliphatic heterocycles. The van der Waals surface area contributed by atoms with Crippen LogP contribution in [0.3, 0.4) is 0 Å². The van der Waals surface area contributed by atoms with Crippen LogP contribution in [-0.2, 0) is 12.7 Å². The van der Waals surface area contributed by atoms with Gasteiger partial charge in [-0.2, -0.15) is 13.2 Å². The lowest BCUT2D eigenvalue weighted by Gasteiger charge is -2.22. The summed E-state index contributed by atoms with van der Waals surface area (Å²) in [5.74, 6) is 0.367. The lowest BCUT2D eigenvalue weighted by Crippen LogP contribution is -2.26. The third-order valence-corrected chi connectivity index (χ3v) is 6.36. The average molecular weight is 423 g/mol. The summed E-state index contributed by atoms with van der Waals surface area (Å²) in [6.45, 7) is 0.241. The van der Waals surface area contributed by atoms with Crippen molar-refractivity contribution in [2.75, 3.05) is 0 Å². The van der Waals surface area contributed by atoms with E-state index in [2.05, 4.69) is 9.97 Å². The van der Waals surface area contributed by atoms with E-state index in [0.29, 0.717) is 12.3 Å². The van der Waals surface area contributed by atoms with Crippen LogP contribution in [0.1, 0.15) is 44.1 Å². The smallest absolute Gasteiger partial charge is 0.418 e.